The molecular formula is C19H21N4O5S. The second-order valence-corrected chi connectivity index (χ2v) is 8.67. The Hall–Kier alpha value is -2.98. The Morgan fingerprint density at radius 1 is 1.14 bits per heavy atom. The van der Waals surface area contributed by atoms with Crippen LogP contribution in [0.4, 0.5) is 0 Å². The summed E-state index contributed by atoms with van der Waals surface area (Å²) in [5.41, 5.74) is 6.13. The maximum atomic E-state index is 12.5. The molecular weight excluding hydrogens is 396 g/mol. The van der Waals surface area contributed by atoms with Crippen molar-refractivity contribution in [1.82, 2.24) is 14.2 Å². The van der Waals surface area contributed by atoms with Crippen LogP contribution in [0.5, 0.6) is 0 Å². The van der Waals surface area contributed by atoms with Crippen LogP contribution in [0.1, 0.15) is 16.8 Å². The summed E-state index contributed by atoms with van der Waals surface area (Å²) in [6, 6.07) is 9.67. The number of benzene rings is 1. The monoisotopic (exact) mass is 417 g/mol. The van der Waals surface area contributed by atoms with Gasteiger partial charge in [0.1, 0.15) is 6.04 Å². The molecule has 10 heteroatoms. The van der Waals surface area contributed by atoms with Crippen molar-refractivity contribution in [3.05, 3.63) is 71.0 Å². The number of nitrogens with two attached hydrogens (primary N) is 1. The third-order valence-corrected chi connectivity index (χ3v) is 5.91. The molecule has 1 aliphatic heterocycles. The van der Waals surface area contributed by atoms with Crippen molar-refractivity contribution in [1.29, 1.82) is 0 Å². The lowest BCUT2D eigenvalue weighted by molar-refractivity contribution is -0.121. The number of primary amides is 1. The van der Waals surface area contributed by atoms with Gasteiger partial charge in [-0.3, -0.25) is 19.0 Å². The van der Waals surface area contributed by atoms with Crippen molar-refractivity contribution in [2.24, 2.45) is 5.73 Å². The maximum Gasteiger partial charge on any atom is 0.255 e. The number of nitrogens with zero attached hydrogens (tertiary/aromatic N) is 2. The maximum absolute atomic E-state index is 12.5. The Kier molecular flexibility index (Phi) is 5.85. The lowest BCUT2D eigenvalue weighted by Crippen LogP contribution is -2.56. The molecule has 0 aliphatic carbocycles. The van der Waals surface area contributed by atoms with Crippen molar-refractivity contribution in [3.63, 3.8) is 0 Å². The van der Waals surface area contributed by atoms with Crippen molar-refractivity contribution in [3.8, 4) is 5.69 Å². The highest BCUT2D eigenvalue weighted by Crippen LogP contribution is 2.20. The van der Waals surface area contributed by atoms with Crippen molar-refractivity contribution < 1.29 is 18.0 Å². The summed E-state index contributed by atoms with van der Waals surface area (Å²) in [5, 5.41) is 2.77. The van der Waals surface area contributed by atoms with E-state index in [1.807, 2.05) is 0 Å². The van der Waals surface area contributed by atoms with Gasteiger partial charge < -0.3 is 11.1 Å². The number of piperidine rings is 1. The molecule has 1 aromatic carbocycles. The van der Waals surface area contributed by atoms with Crippen molar-refractivity contribution >= 4 is 21.8 Å². The number of pyridine rings is 1. The van der Waals surface area contributed by atoms with E-state index < -0.39 is 28.0 Å². The molecule has 9 nitrogen and oxygen atoms in total. The molecule has 153 valence electrons. The van der Waals surface area contributed by atoms with Gasteiger partial charge in [0.15, 0.2) is 0 Å². The number of rotatable bonds is 5. The smallest absolute Gasteiger partial charge is 0.255 e. The lowest BCUT2D eigenvalue weighted by Gasteiger charge is -2.36. The molecule has 0 spiro atoms. The number of aromatic nitrogens is 1. The van der Waals surface area contributed by atoms with Crippen LogP contribution in [-0.2, 0) is 14.8 Å². The van der Waals surface area contributed by atoms with Crippen molar-refractivity contribution in [2.45, 2.75) is 18.5 Å². The average Bonchev–Trinajstić information content (AvgIpc) is 2.67. The molecule has 2 unspecified atom stereocenters. The van der Waals surface area contributed by atoms with Crippen LogP contribution in [0.2, 0.25) is 0 Å². The quantitative estimate of drug-likeness (QED) is 0.687. The Morgan fingerprint density at radius 3 is 2.41 bits per heavy atom. The van der Waals surface area contributed by atoms with E-state index in [9.17, 15) is 22.8 Å². The summed E-state index contributed by atoms with van der Waals surface area (Å²) < 4.78 is 26.1. The van der Waals surface area contributed by atoms with Crippen LogP contribution in [0.3, 0.4) is 0 Å². The van der Waals surface area contributed by atoms with Gasteiger partial charge in [-0.2, -0.15) is 4.31 Å². The summed E-state index contributed by atoms with van der Waals surface area (Å²) in [5.74, 6) is -1.18. The minimum atomic E-state index is -3.60. The Bertz CT molecular complexity index is 1080. The summed E-state index contributed by atoms with van der Waals surface area (Å²) >= 11 is 0. The van der Waals surface area contributed by atoms with Gasteiger partial charge in [-0.15, -0.1) is 0 Å². The summed E-state index contributed by atoms with van der Waals surface area (Å²) in [6.45, 7) is 0.0732. The second kappa shape index (κ2) is 8.18. The van der Waals surface area contributed by atoms with Crippen LogP contribution in [0.15, 0.2) is 53.5 Å². The van der Waals surface area contributed by atoms with Gasteiger partial charge >= 0.3 is 0 Å². The van der Waals surface area contributed by atoms with Crippen LogP contribution in [0, 0.1) is 6.42 Å². The fourth-order valence-corrected chi connectivity index (χ4v) is 4.24. The van der Waals surface area contributed by atoms with E-state index in [1.165, 1.54) is 17.1 Å². The summed E-state index contributed by atoms with van der Waals surface area (Å²) in [7, 11) is -3.60. The molecule has 1 aliphatic rings. The fourth-order valence-electron chi connectivity index (χ4n) is 3.21. The molecule has 0 bridgehead atoms. The molecule has 3 rings (SSSR count). The predicted octanol–water partition coefficient (Wildman–Crippen LogP) is -0.341. The highest BCUT2D eigenvalue weighted by molar-refractivity contribution is 7.88. The zero-order valence-corrected chi connectivity index (χ0v) is 16.5. The first-order valence-corrected chi connectivity index (χ1v) is 10.7. The molecule has 1 radical (unpaired) electrons. The molecule has 29 heavy (non-hydrogen) atoms. The van der Waals surface area contributed by atoms with Crippen LogP contribution in [0.25, 0.3) is 5.69 Å². The standard InChI is InChI=1S/C19H21N4O5S/c1-29(27,28)23-11-9-14(12-16(23)18(20)25)21-19(26)13-5-7-15(8-6-13)22-10-3-2-4-17(22)24/h2-8,10,12,14,16H,9,11H2,1H3,(H2,20,25)(H,21,26). The number of hydrogen-bond donors (Lipinski definition) is 2. The summed E-state index contributed by atoms with van der Waals surface area (Å²) in [6.07, 6.45) is 4.39. The number of carbonyl (C=O) groups is 2. The topological polar surface area (TPSA) is 132 Å². The summed E-state index contributed by atoms with van der Waals surface area (Å²) in [4.78, 5) is 36.1. The van der Waals surface area contributed by atoms with E-state index in [4.69, 9.17) is 5.73 Å². The van der Waals surface area contributed by atoms with Crippen LogP contribution < -0.4 is 16.6 Å². The van der Waals surface area contributed by atoms with Gasteiger partial charge in [0.25, 0.3) is 11.5 Å². The Balaban J connectivity index is 1.70. The van der Waals surface area contributed by atoms with E-state index in [0.29, 0.717) is 17.7 Å². The third kappa shape index (κ3) is 4.72. The first-order valence-electron chi connectivity index (χ1n) is 8.87. The average molecular weight is 417 g/mol. The second-order valence-electron chi connectivity index (χ2n) is 6.74. The highest BCUT2D eigenvalue weighted by atomic mass is 32.2. The Morgan fingerprint density at radius 2 is 1.83 bits per heavy atom. The zero-order valence-electron chi connectivity index (χ0n) is 15.7. The molecule has 2 heterocycles. The molecule has 2 aromatic rings. The van der Waals surface area contributed by atoms with Gasteiger partial charge in [-0.1, -0.05) is 6.07 Å². The molecule has 1 saturated heterocycles. The van der Waals surface area contributed by atoms with E-state index in [0.717, 1.165) is 10.6 Å². The number of amides is 2. The van der Waals surface area contributed by atoms with Gasteiger partial charge in [-0.05, 0) is 36.8 Å². The van der Waals surface area contributed by atoms with Crippen LogP contribution in [-0.4, -0.2) is 54.0 Å². The van der Waals surface area contributed by atoms with E-state index in [1.54, 1.807) is 42.6 Å². The highest BCUT2D eigenvalue weighted by Gasteiger charge is 2.37. The molecule has 0 saturated carbocycles. The molecule has 2 amide bonds. The SMILES string of the molecule is CS(=O)(=O)N1CCC(NC(=O)c2ccc(-n3ccccc3=O)cc2)[CH]C1C(N)=O. The van der Waals surface area contributed by atoms with E-state index in [2.05, 4.69) is 5.32 Å². The van der Waals surface area contributed by atoms with Crippen LogP contribution >= 0.6 is 0 Å². The molecule has 2 atom stereocenters. The van der Waals surface area contributed by atoms with E-state index in [-0.39, 0.29) is 18.0 Å². The number of sulfonamides is 1. The molecule has 1 aromatic heterocycles. The number of carbonyl (C=O) groups excluding carboxylic acids is 2. The van der Waals surface area contributed by atoms with Gasteiger partial charge in [0, 0.05) is 42.5 Å². The van der Waals surface area contributed by atoms with Gasteiger partial charge in [-0.25, -0.2) is 8.42 Å². The Labute approximate surface area is 168 Å². The van der Waals surface area contributed by atoms with Gasteiger partial charge in [0.05, 0.1) is 6.26 Å². The predicted molar refractivity (Wildman–Crippen MR) is 107 cm³/mol. The van der Waals surface area contributed by atoms with Gasteiger partial charge in [0.2, 0.25) is 15.9 Å². The minimum absolute atomic E-state index is 0.0732. The minimum Gasteiger partial charge on any atom is -0.368 e. The molecule has 1 fully saturated rings. The first kappa shape index (κ1) is 20.7. The largest absolute Gasteiger partial charge is 0.368 e. The van der Waals surface area contributed by atoms with E-state index >= 15 is 0 Å². The number of nitrogens with one attached hydrogen (secondary N) is 1. The lowest BCUT2D eigenvalue weighted by atomic mass is 9.98. The zero-order chi connectivity index (χ0) is 21.2. The normalized spacial score (nSPS) is 20.2. The first-order chi connectivity index (χ1) is 13.7. The fraction of sp³-hybridized carbons (Fsp3) is 0.263. The van der Waals surface area contributed by atoms with Crippen molar-refractivity contribution in [2.75, 3.05) is 12.8 Å². The molecule has 3 N–H and O–H groups in total. The number of hydrogen-bond acceptors (Lipinski definition) is 5. The third-order valence-electron chi connectivity index (χ3n) is 4.65.